The SMILES string of the molecule is Cc1ccc(N2C[C@@H](c3nc(-c4ccc5c(c4)nnn5C4CCCC4)no3)CC2=O)cc1. The summed E-state index contributed by atoms with van der Waals surface area (Å²) in [4.78, 5) is 19.0. The van der Waals surface area contributed by atoms with Crippen LogP contribution in [0.2, 0.25) is 0 Å². The largest absolute Gasteiger partial charge is 0.339 e. The number of fused-ring (bicyclic) bond motifs is 1. The minimum absolute atomic E-state index is 0.0727. The van der Waals surface area contributed by atoms with Gasteiger partial charge in [0.1, 0.15) is 5.52 Å². The molecule has 8 heteroatoms. The maximum Gasteiger partial charge on any atom is 0.232 e. The van der Waals surface area contributed by atoms with Gasteiger partial charge in [-0.05, 0) is 50.1 Å². The number of nitrogens with zero attached hydrogens (tertiary/aromatic N) is 6. The van der Waals surface area contributed by atoms with E-state index in [-0.39, 0.29) is 11.8 Å². The molecule has 3 heterocycles. The second-order valence-corrected chi connectivity index (χ2v) is 8.87. The highest BCUT2D eigenvalue weighted by molar-refractivity contribution is 5.96. The molecular weight excluding hydrogens is 404 g/mol. The topological polar surface area (TPSA) is 89.9 Å². The highest BCUT2D eigenvalue weighted by atomic mass is 16.5. The van der Waals surface area contributed by atoms with Gasteiger partial charge in [-0.25, -0.2) is 4.68 Å². The standard InChI is InChI=1S/C24H24N6O2/c1-15-6-9-18(10-7-15)29-14-17(13-22(29)31)24-25-23(27-32-24)16-8-11-21-20(12-16)26-28-30(21)19-4-2-3-5-19/h6-12,17,19H,2-5,13-14H2,1H3/t17-/m0/s1. The van der Waals surface area contributed by atoms with Gasteiger partial charge in [0.05, 0.1) is 17.5 Å². The molecule has 1 amide bonds. The van der Waals surface area contributed by atoms with Crippen molar-refractivity contribution in [1.82, 2.24) is 25.1 Å². The van der Waals surface area contributed by atoms with Crippen LogP contribution in [0.3, 0.4) is 0 Å². The summed E-state index contributed by atoms with van der Waals surface area (Å²) in [6, 6.07) is 14.4. The van der Waals surface area contributed by atoms with Crippen molar-refractivity contribution in [2.75, 3.05) is 11.4 Å². The van der Waals surface area contributed by atoms with Gasteiger partial charge in [-0.3, -0.25) is 4.79 Å². The Morgan fingerprint density at radius 1 is 1.06 bits per heavy atom. The van der Waals surface area contributed by atoms with Crippen LogP contribution in [0.15, 0.2) is 47.0 Å². The monoisotopic (exact) mass is 428 g/mol. The number of aromatic nitrogens is 5. The van der Waals surface area contributed by atoms with Crippen molar-refractivity contribution in [2.24, 2.45) is 0 Å². The molecule has 162 valence electrons. The lowest BCUT2D eigenvalue weighted by molar-refractivity contribution is -0.117. The van der Waals surface area contributed by atoms with Crippen molar-refractivity contribution >= 4 is 22.6 Å². The molecule has 1 aliphatic carbocycles. The lowest BCUT2D eigenvalue weighted by Crippen LogP contribution is -2.24. The van der Waals surface area contributed by atoms with Crippen molar-refractivity contribution in [3.63, 3.8) is 0 Å². The van der Waals surface area contributed by atoms with Crippen LogP contribution in [-0.2, 0) is 4.79 Å². The summed E-state index contributed by atoms with van der Waals surface area (Å²) < 4.78 is 7.63. The minimum atomic E-state index is -0.114. The Bertz CT molecular complexity index is 1290. The van der Waals surface area contributed by atoms with E-state index in [4.69, 9.17) is 4.52 Å². The van der Waals surface area contributed by atoms with Gasteiger partial charge >= 0.3 is 0 Å². The first-order chi connectivity index (χ1) is 15.7. The summed E-state index contributed by atoms with van der Waals surface area (Å²) in [5.74, 6) is 0.969. The average Bonchev–Trinajstić information content (AvgIpc) is 3.59. The zero-order valence-corrected chi connectivity index (χ0v) is 17.9. The zero-order chi connectivity index (χ0) is 21.7. The normalized spacial score (nSPS) is 19.5. The van der Waals surface area contributed by atoms with Crippen molar-refractivity contribution in [2.45, 2.75) is 51.0 Å². The summed E-state index contributed by atoms with van der Waals surface area (Å²) in [5.41, 5.74) is 4.78. The van der Waals surface area contributed by atoms with E-state index in [9.17, 15) is 4.79 Å². The molecule has 4 aromatic rings. The van der Waals surface area contributed by atoms with Gasteiger partial charge in [0.2, 0.25) is 17.6 Å². The highest BCUT2D eigenvalue weighted by Gasteiger charge is 2.35. The van der Waals surface area contributed by atoms with Crippen molar-refractivity contribution in [1.29, 1.82) is 0 Å². The molecule has 0 bridgehead atoms. The summed E-state index contributed by atoms with van der Waals surface area (Å²) in [5, 5.41) is 12.9. The first-order valence-electron chi connectivity index (χ1n) is 11.2. The smallest absolute Gasteiger partial charge is 0.232 e. The molecule has 0 radical (unpaired) electrons. The average molecular weight is 428 g/mol. The van der Waals surface area contributed by atoms with Crippen LogP contribution in [-0.4, -0.2) is 37.6 Å². The minimum Gasteiger partial charge on any atom is -0.339 e. The van der Waals surface area contributed by atoms with Crippen LogP contribution in [0.1, 0.15) is 55.5 Å². The van der Waals surface area contributed by atoms with Gasteiger partial charge in [-0.15, -0.1) is 5.10 Å². The molecule has 1 aliphatic heterocycles. The molecule has 32 heavy (non-hydrogen) atoms. The van der Waals surface area contributed by atoms with E-state index in [1.165, 1.54) is 18.4 Å². The predicted molar refractivity (Wildman–Crippen MR) is 119 cm³/mol. The number of benzene rings is 2. The Labute approximate surface area is 185 Å². The second-order valence-electron chi connectivity index (χ2n) is 8.87. The Kier molecular flexibility index (Phi) is 4.52. The Balaban J connectivity index is 1.23. The van der Waals surface area contributed by atoms with Crippen LogP contribution in [0.25, 0.3) is 22.4 Å². The second kappa shape index (κ2) is 7.55. The Hall–Kier alpha value is -3.55. The van der Waals surface area contributed by atoms with Crippen LogP contribution >= 0.6 is 0 Å². The molecule has 2 fully saturated rings. The summed E-state index contributed by atoms with van der Waals surface area (Å²) in [7, 11) is 0. The lowest BCUT2D eigenvalue weighted by Gasteiger charge is -2.16. The van der Waals surface area contributed by atoms with Gasteiger partial charge in [0, 0.05) is 24.2 Å². The first kappa shape index (κ1) is 19.2. The first-order valence-corrected chi connectivity index (χ1v) is 11.2. The van der Waals surface area contributed by atoms with Gasteiger partial charge < -0.3 is 9.42 Å². The maximum atomic E-state index is 12.6. The number of amides is 1. The number of carbonyl (C=O) groups is 1. The highest BCUT2D eigenvalue weighted by Crippen LogP contribution is 2.34. The summed E-state index contributed by atoms with van der Waals surface area (Å²) >= 11 is 0. The van der Waals surface area contributed by atoms with E-state index in [1.807, 2.05) is 49.4 Å². The molecular formula is C24H24N6O2. The molecule has 6 rings (SSSR count). The third kappa shape index (κ3) is 3.26. The molecule has 1 atom stereocenters. The van der Waals surface area contributed by atoms with Gasteiger partial charge in [-0.2, -0.15) is 4.98 Å². The predicted octanol–water partition coefficient (Wildman–Crippen LogP) is 4.43. The molecule has 1 saturated carbocycles. The summed E-state index contributed by atoms with van der Waals surface area (Å²) in [6.07, 6.45) is 5.19. The fourth-order valence-corrected chi connectivity index (χ4v) is 4.86. The van der Waals surface area contributed by atoms with Gasteiger partial charge in [-0.1, -0.05) is 40.9 Å². The number of hydrogen-bond acceptors (Lipinski definition) is 6. The zero-order valence-electron chi connectivity index (χ0n) is 17.9. The van der Waals surface area contributed by atoms with E-state index >= 15 is 0 Å². The van der Waals surface area contributed by atoms with Crippen LogP contribution in [0, 0.1) is 6.92 Å². The van der Waals surface area contributed by atoms with Crippen LogP contribution in [0.4, 0.5) is 5.69 Å². The number of carbonyl (C=O) groups excluding carboxylic acids is 1. The molecule has 2 aromatic heterocycles. The number of rotatable bonds is 4. The molecule has 0 N–H and O–H groups in total. The van der Waals surface area contributed by atoms with E-state index in [2.05, 4.69) is 25.1 Å². The van der Waals surface area contributed by atoms with Crippen LogP contribution < -0.4 is 4.90 Å². The number of aryl methyl sites for hydroxylation is 1. The lowest BCUT2D eigenvalue weighted by atomic mass is 10.1. The maximum absolute atomic E-state index is 12.6. The van der Waals surface area contributed by atoms with Gasteiger partial charge in [0.15, 0.2) is 0 Å². The van der Waals surface area contributed by atoms with E-state index in [0.29, 0.717) is 30.7 Å². The van der Waals surface area contributed by atoms with Gasteiger partial charge in [0.25, 0.3) is 0 Å². The Morgan fingerprint density at radius 3 is 2.69 bits per heavy atom. The Morgan fingerprint density at radius 2 is 1.88 bits per heavy atom. The van der Waals surface area contributed by atoms with Crippen molar-refractivity contribution in [3.05, 3.63) is 53.9 Å². The van der Waals surface area contributed by atoms with Crippen molar-refractivity contribution < 1.29 is 9.32 Å². The molecule has 2 aliphatic rings. The summed E-state index contributed by atoms with van der Waals surface area (Å²) in [6.45, 7) is 2.57. The number of hydrogen-bond donors (Lipinski definition) is 0. The van der Waals surface area contributed by atoms with Crippen LogP contribution in [0.5, 0.6) is 0 Å². The fourth-order valence-electron chi connectivity index (χ4n) is 4.86. The molecule has 0 unspecified atom stereocenters. The van der Waals surface area contributed by atoms with E-state index in [1.54, 1.807) is 4.90 Å². The third-order valence-electron chi connectivity index (χ3n) is 6.66. The molecule has 1 saturated heterocycles. The fraction of sp³-hybridized carbons (Fsp3) is 0.375. The van der Waals surface area contributed by atoms with E-state index in [0.717, 1.165) is 35.1 Å². The molecule has 2 aromatic carbocycles. The number of anilines is 1. The molecule has 0 spiro atoms. The quantitative estimate of drug-likeness (QED) is 0.478. The molecule has 8 nitrogen and oxygen atoms in total. The third-order valence-corrected chi connectivity index (χ3v) is 6.66. The van der Waals surface area contributed by atoms with Crippen molar-refractivity contribution in [3.8, 4) is 11.4 Å². The van der Waals surface area contributed by atoms with E-state index < -0.39 is 0 Å².